The Bertz CT molecular complexity index is 469. The van der Waals surface area contributed by atoms with E-state index in [0.717, 1.165) is 23.1 Å². The number of nitrogens with zero attached hydrogens (tertiary/aromatic N) is 2. The van der Waals surface area contributed by atoms with Gasteiger partial charge in [-0.25, -0.2) is 0 Å². The second kappa shape index (κ2) is 6.38. The Morgan fingerprint density at radius 3 is 2.84 bits per heavy atom. The number of thiocarbonyl (C=S) groups is 1. The Morgan fingerprint density at radius 1 is 1.58 bits per heavy atom. The van der Waals surface area contributed by atoms with Crippen molar-refractivity contribution in [1.82, 2.24) is 10.1 Å². The molecule has 1 amide bonds. The van der Waals surface area contributed by atoms with Crippen molar-refractivity contribution in [2.75, 3.05) is 18.4 Å². The second-order valence-corrected chi connectivity index (χ2v) is 6.52. The van der Waals surface area contributed by atoms with Gasteiger partial charge in [0.15, 0.2) is 0 Å². The molecule has 1 fully saturated rings. The third-order valence-corrected chi connectivity index (χ3v) is 4.46. The van der Waals surface area contributed by atoms with Crippen molar-refractivity contribution < 1.29 is 9.32 Å². The minimum atomic E-state index is -0.251. The van der Waals surface area contributed by atoms with Crippen molar-refractivity contribution in [3.8, 4) is 0 Å². The molecule has 1 aromatic rings. The molecule has 2 rings (SSSR count). The van der Waals surface area contributed by atoms with Crippen LogP contribution in [-0.4, -0.2) is 38.6 Å². The van der Waals surface area contributed by atoms with Crippen LogP contribution in [0.3, 0.4) is 0 Å². The van der Waals surface area contributed by atoms with Gasteiger partial charge in [0, 0.05) is 19.2 Å². The maximum atomic E-state index is 12.0. The van der Waals surface area contributed by atoms with Crippen molar-refractivity contribution in [2.45, 2.75) is 31.9 Å². The molecule has 19 heavy (non-hydrogen) atoms. The van der Waals surface area contributed by atoms with Crippen LogP contribution in [0, 0.1) is 6.92 Å². The molecule has 104 valence electrons. The molecule has 7 heteroatoms. The van der Waals surface area contributed by atoms with E-state index in [4.69, 9.17) is 16.7 Å². The molecule has 0 saturated carbocycles. The Balaban J connectivity index is 1.83. The lowest BCUT2D eigenvalue weighted by Gasteiger charge is -2.19. The van der Waals surface area contributed by atoms with Gasteiger partial charge in [0.2, 0.25) is 11.8 Å². The lowest BCUT2D eigenvalue weighted by molar-refractivity contribution is -0.115. The molecule has 2 heterocycles. The van der Waals surface area contributed by atoms with E-state index >= 15 is 0 Å². The number of carbonyl (C=O) groups is 1. The van der Waals surface area contributed by atoms with Crippen molar-refractivity contribution in [2.24, 2.45) is 0 Å². The molecule has 5 nitrogen and oxygen atoms in total. The first-order chi connectivity index (χ1) is 9.06. The lowest BCUT2D eigenvalue weighted by atomic mass is 10.4. The topological polar surface area (TPSA) is 58.4 Å². The van der Waals surface area contributed by atoms with Crippen molar-refractivity contribution >= 4 is 40.1 Å². The zero-order chi connectivity index (χ0) is 13.8. The summed E-state index contributed by atoms with van der Waals surface area (Å²) in [5, 5.41) is 6.16. The number of amides is 1. The number of anilines is 1. The number of aryl methyl sites for hydroxylation is 1. The van der Waals surface area contributed by atoms with Crippen LogP contribution in [-0.2, 0) is 4.79 Å². The first-order valence-corrected chi connectivity index (χ1v) is 7.55. The fourth-order valence-electron chi connectivity index (χ4n) is 1.82. The van der Waals surface area contributed by atoms with Crippen LogP contribution in [0.1, 0.15) is 25.5 Å². The first-order valence-electron chi connectivity index (χ1n) is 6.26. The van der Waals surface area contributed by atoms with Gasteiger partial charge in [-0.05, 0) is 26.7 Å². The number of aromatic nitrogens is 1. The molecule has 1 aliphatic heterocycles. The van der Waals surface area contributed by atoms with Crippen LogP contribution in [0.15, 0.2) is 10.6 Å². The summed E-state index contributed by atoms with van der Waals surface area (Å²) in [5.74, 6) is 0.254. The Morgan fingerprint density at radius 2 is 2.26 bits per heavy atom. The van der Waals surface area contributed by atoms with Gasteiger partial charge in [0.05, 0.1) is 10.9 Å². The predicted octanol–water partition coefficient (Wildman–Crippen LogP) is 2.42. The quantitative estimate of drug-likeness (QED) is 0.865. The Hall–Kier alpha value is -1.08. The summed E-state index contributed by atoms with van der Waals surface area (Å²) >= 11 is 6.77. The van der Waals surface area contributed by atoms with E-state index in [2.05, 4.69) is 15.4 Å². The number of hydrogen-bond acceptors (Lipinski definition) is 5. The highest BCUT2D eigenvalue weighted by atomic mass is 32.2. The van der Waals surface area contributed by atoms with E-state index in [0.29, 0.717) is 5.88 Å². The summed E-state index contributed by atoms with van der Waals surface area (Å²) in [6, 6.07) is 1.69. The summed E-state index contributed by atoms with van der Waals surface area (Å²) in [6.07, 6.45) is 2.36. The number of likely N-dealkylation sites (tertiary alicyclic amines) is 1. The largest absolute Gasteiger partial charge is 0.358 e. The van der Waals surface area contributed by atoms with Crippen molar-refractivity contribution in [3.05, 3.63) is 11.8 Å². The zero-order valence-electron chi connectivity index (χ0n) is 11.0. The third kappa shape index (κ3) is 3.94. The monoisotopic (exact) mass is 299 g/mol. The fourth-order valence-corrected chi connectivity index (χ4v) is 3.24. The summed E-state index contributed by atoms with van der Waals surface area (Å²) in [7, 11) is 0. The molecule has 0 unspecified atom stereocenters. The van der Waals surface area contributed by atoms with E-state index in [1.54, 1.807) is 13.0 Å². The maximum Gasteiger partial charge on any atom is 0.240 e. The highest BCUT2D eigenvalue weighted by Gasteiger charge is 2.22. The fraction of sp³-hybridized carbons (Fsp3) is 0.583. The van der Waals surface area contributed by atoms with E-state index in [9.17, 15) is 4.79 Å². The number of hydrogen-bond donors (Lipinski definition) is 1. The van der Waals surface area contributed by atoms with Gasteiger partial charge in [-0.3, -0.25) is 10.1 Å². The smallest absolute Gasteiger partial charge is 0.240 e. The summed E-state index contributed by atoms with van der Waals surface area (Å²) in [6.45, 7) is 5.65. The molecule has 0 spiro atoms. The molecular weight excluding hydrogens is 282 g/mol. The van der Waals surface area contributed by atoms with Gasteiger partial charge < -0.3 is 9.42 Å². The molecule has 1 N–H and O–H groups in total. The summed E-state index contributed by atoms with van der Waals surface area (Å²) < 4.78 is 5.76. The van der Waals surface area contributed by atoms with Crippen LogP contribution in [0.2, 0.25) is 0 Å². The van der Waals surface area contributed by atoms with E-state index in [1.165, 1.54) is 24.6 Å². The van der Waals surface area contributed by atoms with Crippen LogP contribution >= 0.6 is 24.0 Å². The lowest BCUT2D eigenvalue weighted by Crippen LogP contribution is -2.29. The normalized spacial score (nSPS) is 16.4. The van der Waals surface area contributed by atoms with Gasteiger partial charge in [0.25, 0.3) is 0 Å². The maximum absolute atomic E-state index is 12.0. The van der Waals surface area contributed by atoms with Crippen molar-refractivity contribution in [3.63, 3.8) is 0 Å². The summed E-state index contributed by atoms with van der Waals surface area (Å²) in [5.41, 5.74) is 0.739. The third-order valence-electron chi connectivity index (χ3n) is 2.89. The molecule has 1 aromatic heterocycles. The molecule has 0 aliphatic carbocycles. The van der Waals surface area contributed by atoms with Gasteiger partial charge in [-0.2, -0.15) is 0 Å². The highest BCUT2D eigenvalue weighted by Crippen LogP contribution is 2.21. The zero-order valence-corrected chi connectivity index (χ0v) is 12.6. The van der Waals surface area contributed by atoms with Gasteiger partial charge in [0.1, 0.15) is 4.32 Å². The Kier molecular flexibility index (Phi) is 4.81. The van der Waals surface area contributed by atoms with Gasteiger partial charge in [-0.15, -0.1) is 0 Å². The molecule has 0 bridgehead atoms. The minimum Gasteiger partial charge on any atom is -0.358 e. The standard InChI is InChI=1S/C12H17N3O2S2/c1-8-7-10(17-14-8)13-11(16)9(2)19-12(18)15-5-3-4-6-15/h7,9H,3-6H2,1-2H3,(H,13,16)/t9-/m1/s1. The molecule has 1 saturated heterocycles. The van der Waals surface area contributed by atoms with Crippen LogP contribution in [0.4, 0.5) is 5.88 Å². The number of thioether (sulfide) groups is 1. The predicted molar refractivity (Wildman–Crippen MR) is 80.3 cm³/mol. The number of carbonyl (C=O) groups excluding carboxylic acids is 1. The Labute approximate surface area is 122 Å². The van der Waals surface area contributed by atoms with Crippen LogP contribution in [0.25, 0.3) is 0 Å². The SMILES string of the molecule is Cc1cc(NC(=O)[C@@H](C)SC(=S)N2CCCC2)on1. The van der Waals surface area contributed by atoms with Gasteiger partial charge in [-0.1, -0.05) is 29.1 Å². The molecule has 1 aliphatic rings. The average Bonchev–Trinajstić information content (AvgIpc) is 3.00. The van der Waals surface area contributed by atoms with Crippen LogP contribution in [0.5, 0.6) is 0 Å². The average molecular weight is 299 g/mol. The summed E-state index contributed by atoms with van der Waals surface area (Å²) in [4.78, 5) is 14.1. The van der Waals surface area contributed by atoms with E-state index in [1.807, 2.05) is 6.92 Å². The molecule has 0 radical (unpaired) electrons. The molecule has 0 aromatic carbocycles. The van der Waals surface area contributed by atoms with Gasteiger partial charge >= 0.3 is 0 Å². The second-order valence-electron chi connectivity index (χ2n) is 4.54. The number of rotatable bonds is 3. The number of nitrogens with one attached hydrogen (secondary N) is 1. The van der Waals surface area contributed by atoms with Crippen molar-refractivity contribution in [1.29, 1.82) is 0 Å². The first kappa shape index (κ1) is 14.3. The van der Waals surface area contributed by atoms with E-state index < -0.39 is 0 Å². The van der Waals surface area contributed by atoms with E-state index in [-0.39, 0.29) is 11.2 Å². The highest BCUT2D eigenvalue weighted by molar-refractivity contribution is 8.23. The molecule has 1 atom stereocenters. The van der Waals surface area contributed by atoms with Crippen LogP contribution < -0.4 is 5.32 Å². The molecular formula is C12H17N3O2S2. The minimum absolute atomic E-state index is 0.123.